The SMILES string of the molecule is C=C(C)[C@@H]1C[C@@H](c2ccc(-c3ccccc3)cc2)[C@@H](CC(C)C)O[C@H]1c1cc(Oc2cc(C)cc(C)c2)ccc1OCC(=O)O. The van der Waals surface area contributed by atoms with Gasteiger partial charge in [0.05, 0.1) is 12.2 Å². The van der Waals surface area contributed by atoms with Gasteiger partial charge in [0.25, 0.3) is 0 Å². The topological polar surface area (TPSA) is 65.0 Å². The minimum Gasteiger partial charge on any atom is -0.482 e. The van der Waals surface area contributed by atoms with Gasteiger partial charge in [0.1, 0.15) is 17.2 Å². The lowest BCUT2D eigenvalue weighted by molar-refractivity contribution is -0.139. The van der Waals surface area contributed by atoms with Gasteiger partial charge < -0.3 is 19.3 Å². The summed E-state index contributed by atoms with van der Waals surface area (Å²) < 4.78 is 19.3. The summed E-state index contributed by atoms with van der Waals surface area (Å²) in [6.45, 7) is 14.5. The summed E-state index contributed by atoms with van der Waals surface area (Å²) >= 11 is 0. The second-order valence-corrected chi connectivity index (χ2v) is 12.8. The Bertz CT molecular complexity index is 1600. The van der Waals surface area contributed by atoms with Crippen molar-refractivity contribution in [1.82, 2.24) is 0 Å². The molecular formula is C40H44O5. The minimum absolute atomic E-state index is 0.0177. The number of carboxylic acids is 1. The van der Waals surface area contributed by atoms with Gasteiger partial charge in [0.15, 0.2) is 6.61 Å². The summed E-state index contributed by atoms with van der Waals surface area (Å²) in [5.41, 5.74) is 7.65. The van der Waals surface area contributed by atoms with E-state index in [2.05, 4.69) is 75.0 Å². The highest BCUT2D eigenvalue weighted by Gasteiger charge is 2.41. The predicted octanol–water partition coefficient (Wildman–Crippen LogP) is 10.1. The largest absolute Gasteiger partial charge is 0.482 e. The molecule has 0 unspecified atom stereocenters. The molecule has 5 heteroatoms. The molecule has 4 atom stereocenters. The summed E-state index contributed by atoms with van der Waals surface area (Å²) in [7, 11) is 0. The number of carbonyl (C=O) groups is 1. The molecule has 0 aromatic heterocycles. The van der Waals surface area contributed by atoms with E-state index in [0.717, 1.165) is 40.9 Å². The van der Waals surface area contributed by atoms with Crippen LogP contribution in [0, 0.1) is 25.7 Å². The van der Waals surface area contributed by atoms with Crippen molar-refractivity contribution in [2.24, 2.45) is 11.8 Å². The zero-order valence-electron chi connectivity index (χ0n) is 27.0. The molecular weight excluding hydrogens is 560 g/mol. The van der Waals surface area contributed by atoms with Gasteiger partial charge in [-0.2, -0.15) is 0 Å². The summed E-state index contributed by atoms with van der Waals surface area (Å²) in [5.74, 6) is 1.41. The molecule has 1 N–H and O–H groups in total. The van der Waals surface area contributed by atoms with Gasteiger partial charge in [0.2, 0.25) is 0 Å². The Kier molecular flexibility index (Phi) is 10.1. The van der Waals surface area contributed by atoms with Crippen molar-refractivity contribution in [2.45, 2.75) is 65.6 Å². The number of benzene rings is 4. The molecule has 1 aliphatic heterocycles. The Morgan fingerprint density at radius 1 is 0.911 bits per heavy atom. The lowest BCUT2D eigenvalue weighted by atomic mass is 9.74. The first-order chi connectivity index (χ1) is 21.6. The molecule has 1 saturated heterocycles. The van der Waals surface area contributed by atoms with Gasteiger partial charge in [-0.25, -0.2) is 4.79 Å². The number of ether oxygens (including phenoxy) is 3. The van der Waals surface area contributed by atoms with E-state index in [0.29, 0.717) is 17.4 Å². The first-order valence-corrected chi connectivity index (χ1v) is 15.8. The van der Waals surface area contributed by atoms with Crippen molar-refractivity contribution in [3.8, 4) is 28.4 Å². The molecule has 1 aliphatic rings. The molecule has 0 bridgehead atoms. The van der Waals surface area contributed by atoms with E-state index in [1.54, 1.807) is 6.07 Å². The maximum atomic E-state index is 11.5. The molecule has 4 aromatic carbocycles. The zero-order chi connectivity index (χ0) is 32.1. The van der Waals surface area contributed by atoms with Gasteiger partial charge >= 0.3 is 5.97 Å². The molecule has 1 fully saturated rings. The lowest BCUT2D eigenvalue weighted by Gasteiger charge is -2.43. The number of hydrogen-bond acceptors (Lipinski definition) is 4. The Hall–Kier alpha value is -4.35. The Labute approximate surface area is 267 Å². The fraction of sp³-hybridized carbons (Fsp3) is 0.325. The molecule has 4 aromatic rings. The Morgan fingerprint density at radius 3 is 2.20 bits per heavy atom. The van der Waals surface area contributed by atoms with E-state index in [1.165, 1.54) is 16.7 Å². The Morgan fingerprint density at radius 2 is 1.58 bits per heavy atom. The van der Waals surface area contributed by atoms with Crippen molar-refractivity contribution < 1.29 is 24.1 Å². The summed E-state index contributed by atoms with van der Waals surface area (Å²) in [6.07, 6.45) is 1.30. The third-order valence-corrected chi connectivity index (χ3v) is 8.50. The van der Waals surface area contributed by atoms with Crippen LogP contribution in [-0.2, 0) is 9.53 Å². The zero-order valence-corrected chi connectivity index (χ0v) is 27.0. The third kappa shape index (κ3) is 8.03. The normalized spacial score (nSPS) is 19.7. The van der Waals surface area contributed by atoms with Crippen LogP contribution in [0.15, 0.2) is 103 Å². The lowest BCUT2D eigenvalue weighted by Crippen LogP contribution is -2.37. The predicted molar refractivity (Wildman–Crippen MR) is 180 cm³/mol. The summed E-state index contributed by atoms with van der Waals surface area (Å²) in [5, 5.41) is 9.42. The number of aryl methyl sites for hydroxylation is 2. The van der Waals surface area contributed by atoms with Crippen LogP contribution >= 0.6 is 0 Å². The number of carboxylic acid groups (broad SMARTS) is 1. The summed E-state index contributed by atoms with van der Waals surface area (Å²) in [4.78, 5) is 11.5. The van der Waals surface area contributed by atoms with Gasteiger partial charge in [-0.1, -0.05) is 86.7 Å². The van der Waals surface area contributed by atoms with Crippen LogP contribution in [0.4, 0.5) is 0 Å². The van der Waals surface area contributed by atoms with Crippen molar-refractivity contribution in [3.63, 3.8) is 0 Å². The molecule has 5 nitrogen and oxygen atoms in total. The second kappa shape index (κ2) is 14.2. The van der Waals surface area contributed by atoms with Crippen LogP contribution in [0.5, 0.6) is 17.2 Å². The molecule has 0 aliphatic carbocycles. The van der Waals surface area contributed by atoms with Crippen molar-refractivity contribution in [2.75, 3.05) is 6.61 Å². The van der Waals surface area contributed by atoms with E-state index in [1.807, 2.05) is 51.1 Å². The van der Waals surface area contributed by atoms with Crippen LogP contribution < -0.4 is 9.47 Å². The quantitative estimate of drug-likeness (QED) is 0.173. The van der Waals surface area contributed by atoms with Crippen LogP contribution in [0.1, 0.15) is 67.9 Å². The molecule has 234 valence electrons. The first kappa shape index (κ1) is 32.1. The van der Waals surface area contributed by atoms with E-state index in [4.69, 9.17) is 14.2 Å². The molecule has 0 saturated carbocycles. The standard InChI is InChI=1S/C40H44O5/c1-25(2)18-38-35(31-14-12-30(13-15-31)29-10-8-7-9-11-29)23-34(26(3)4)40(45-38)36-22-32(16-17-37(36)43-24-39(41)42)44-33-20-27(5)19-28(6)21-33/h7-17,19-22,25,34-35,38,40H,3,18,23-24H2,1-2,4-6H3,(H,41,42)/t34-,35-,38+,40+/m0/s1. The Balaban J connectivity index is 1.51. The maximum Gasteiger partial charge on any atom is 0.341 e. The molecule has 0 amide bonds. The first-order valence-electron chi connectivity index (χ1n) is 15.8. The highest BCUT2D eigenvalue weighted by molar-refractivity contribution is 5.68. The van der Waals surface area contributed by atoms with Crippen LogP contribution in [-0.4, -0.2) is 23.8 Å². The fourth-order valence-corrected chi connectivity index (χ4v) is 6.48. The highest BCUT2D eigenvalue weighted by atomic mass is 16.5. The molecule has 45 heavy (non-hydrogen) atoms. The summed E-state index contributed by atoms with van der Waals surface area (Å²) in [6, 6.07) is 30.9. The average molecular weight is 605 g/mol. The third-order valence-electron chi connectivity index (χ3n) is 8.50. The van der Waals surface area contributed by atoms with Crippen LogP contribution in [0.2, 0.25) is 0 Å². The minimum atomic E-state index is -1.03. The maximum absolute atomic E-state index is 11.5. The molecule has 1 heterocycles. The van der Waals surface area contributed by atoms with Crippen molar-refractivity contribution in [1.29, 1.82) is 0 Å². The monoisotopic (exact) mass is 604 g/mol. The van der Waals surface area contributed by atoms with Crippen molar-refractivity contribution in [3.05, 3.63) is 125 Å². The van der Waals surface area contributed by atoms with E-state index < -0.39 is 12.6 Å². The van der Waals surface area contributed by atoms with Gasteiger partial charge in [-0.05, 0) is 97.7 Å². The highest BCUT2D eigenvalue weighted by Crippen LogP contribution is 2.50. The van der Waals surface area contributed by atoms with Gasteiger partial charge in [-0.15, -0.1) is 0 Å². The van der Waals surface area contributed by atoms with Gasteiger partial charge in [-0.3, -0.25) is 0 Å². The van der Waals surface area contributed by atoms with E-state index >= 15 is 0 Å². The fourth-order valence-electron chi connectivity index (χ4n) is 6.48. The number of aliphatic carboxylic acids is 1. The second-order valence-electron chi connectivity index (χ2n) is 12.8. The van der Waals surface area contributed by atoms with Crippen molar-refractivity contribution >= 4 is 5.97 Å². The van der Waals surface area contributed by atoms with Gasteiger partial charge in [0, 0.05) is 17.4 Å². The smallest absolute Gasteiger partial charge is 0.341 e. The van der Waals surface area contributed by atoms with E-state index in [9.17, 15) is 9.90 Å². The van der Waals surface area contributed by atoms with Crippen LogP contribution in [0.25, 0.3) is 11.1 Å². The van der Waals surface area contributed by atoms with E-state index in [-0.39, 0.29) is 24.0 Å². The molecule has 0 spiro atoms. The van der Waals surface area contributed by atoms with Crippen LogP contribution in [0.3, 0.4) is 0 Å². The molecule has 5 rings (SSSR count). The molecule has 0 radical (unpaired) electrons. The number of rotatable bonds is 11. The average Bonchev–Trinajstić information content (AvgIpc) is 3.00. The number of hydrogen-bond donors (Lipinski definition) is 1.